The topological polar surface area (TPSA) is 85.4 Å². The van der Waals surface area contributed by atoms with Crippen LogP contribution in [-0.4, -0.2) is 14.6 Å². The van der Waals surface area contributed by atoms with Crippen molar-refractivity contribution < 1.29 is 10.0 Å². The summed E-state index contributed by atoms with van der Waals surface area (Å²) in [4.78, 5) is 22.4. The van der Waals surface area contributed by atoms with Crippen molar-refractivity contribution in [1.82, 2.24) is 4.57 Å². The van der Waals surface area contributed by atoms with Crippen LogP contribution in [0.2, 0.25) is 0 Å². The zero-order valence-electron chi connectivity index (χ0n) is 11.5. The minimum Gasteiger partial charge on any atom is -0.494 e. The molecule has 0 amide bonds. The molecule has 0 aliphatic carbocycles. The van der Waals surface area contributed by atoms with Crippen LogP contribution in [0.5, 0.6) is 5.88 Å². The van der Waals surface area contributed by atoms with E-state index in [0.717, 1.165) is 5.56 Å². The Morgan fingerprint density at radius 3 is 2.50 bits per heavy atom. The van der Waals surface area contributed by atoms with Gasteiger partial charge in [-0.05, 0) is 17.0 Å². The lowest BCUT2D eigenvalue weighted by Crippen LogP contribution is -2.19. The van der Waals surface area contributed by atoms with Crippen molar-refractivity contribution in [3.63, 3.8) is 0 Å². The predicted molar refractivity (Wildman–Crippen MR) is 82.1 cm³/mol. The fraction of sp³-hybridized carbons (Fsp3) is 0.0625. The third kappa shape index (κ3) is 2.42. The van der Waals surface area contributed by atoms with Crippen molar-refractivity contribution in [2.24, 2.45) is 0 Å². The Bertz CT molecular complexity index is 917. The summed E-state index contributed by atoms with van der Waals surface area (Å²) in [5, 5.41) is 21.8. The van der Waals surface area contributed by atoms with E-state index >= 15 is 0 Å². The molecule has 3 aromatic rings. The number of aromatic hydroxyl groups is 1. The van der Waals surface area contributed by atoms with Gasteiger partial charge in [0, 0.05) is 23.6 Å². The number of hydrogen-bond acceptors (Lipinski definition) is 4. The minimum atomic E-state index is -0.536. The Morgan fingerprint density at radius 2 is 1.82 bits per heavy atom. The highest BCUT2D eigenvalue weighted by atomic mass is 16.6. The molecule has 0 saturated carbocycles. The Labute approximate surface area is 125 Å². The first-order chi connectivity index (χ1) is 10.6. The van der Waals surface area contributed by atoms with Gasteiger partial charge in [0.05, 0.1) is 11.5 Å². The summed E-state index contributed by atoms with van der Waals surface area (Å²) >= 11 is 0. The fourth-order valence-corrected chi connectivity index (χ4v) is 2.37. The monoisotopic (exact) mass is 296 g/mol. The molecule has 0 bridgehead atoms. The highest BCUT2D eigenvalue weighted by molar-refractivity contribution is 5.88. The Hall–Kier alpha value is -3.15. The van der Waals surface area contributed by atoms with E-state index in [-0.39, 0.29) is 18.1 Å². The van der Waals surface area contributed by atoms with Crippen molar-refractivity contribution in [2.45, 2.75) is 6.54 Å². The summed E-state index contributed by atoms with van der Waals surface area (Å²) in [7, 11) is 0. The van der Waals surface area contributed by atoms with Gasteiger partial charge >= 0.3 is 0 Å². The summed E-state index contributed by atoms with van der Waals surface area (Å²) in [6.45, 7) is 0.235. The molecular weight excluding hydrogens is 284 g/mol. The maximum atomic E-state index is 12.2. The van der Waals surface area contributed by atoms with E-state index in [4.69, 9.17) is 0 Å². The van der Waals surface area contributed by atoms with Gasteiger partial charge in [0.1, 0.15) is 0 Å². The average molecular weight is 296 g/mol. The third-order valence-electron chi connectivity index (χ3n) is 3.47. The Kier molecular flexibility index (Phi) is 3.34. The zero-order chi connectivity index (χ0) is 15.7. The zero-order valence-corrected chi connectivity index (χ0v) is 11.5. The molecule has 2 aromatic carbocycles. The molecule has 0 radical (unpaired) electrons. The smallest absolute Gasteiger partial charge is 0.270 e. The lowest BCUT2D eigenvalue weighted by molar-refractivity contribution is -0.384. The first-order valence-electron chi connectivity index (χ1n) is 6.61. The van der Waals surface area contributed by atoms with Crippen LogP contribution in [0.4, 0.5) is 5.69 Å². The number of non-ortho nitro benzene ring substituents is 1. The van der Waals surface area contributed by atoms with Gasteiger partial charge in [-0.25, -0.2) is 0 Å². The van der Waals surface area contributed by atoms with Crippen LogP contribution in [0.1, 0.15) is 5.56 Å². The van der Waals surface area contributed by atoms with Gasteiger partial charge in [0.25, 0.3) is 11.2 Å². The number of benzene rings is 2. The van der Waals surface area contributed by atoms with E-state index in [1.165, 1.54) is 28.8 Å². The third-order valence-corrected chi connectivity index (χ3v) is 3.47. The quantitative estimate of drug-likeness (QED) is 0.594. The number of nitrogens with zero attached hydrogens (tertiary/aromatic N) is 2. The number of fused-ring (bicyclic) bond motifs is 1. The van der Waals surface area contributed by atoms with E-state index in [9.17, 15) is 20.0 Å². The van der Waals surface area contributed by atoms with Gasteiger partial charge in [-0.3, -0.25) is 19.5 Å². The van der Waals surface area contributed by atoms with E-state index < -0.39 is 10.5 Å². The fourth-order valence-electron chi connectivity index (χ4n) is 2.37. The van der Waals surface area contributed by atoms with Gasteiger partial charge in [-0.1, -0.05) is 30.3 Å². The largest absolute Gasteiger partial charge is 0.494 e. The van der Waals surface area contributed by atoms with Crippen molar-refractivity contribution in [3.8, 4) is 5.88 Å². The predicted octanol–water partition coefficient (Wildman–Crippen LogP) is 2.66. The normalized spacial score (nSPS) is 10.7. The molecule has 6 heteroatoms. The summed E-state index contributed by atoms with van der Waals surface area (Å²) in [6, 6.07) is 14.6. The molecule has 1 heterocycles. The number of rotatable bonds is 3. The number of pyridine rings is 1. The highest BCUT2D eigenvalue weighted by Gasteiger charge is 2.13. The summed E-state index contributed by atoms with van der Waals surface area (Å²) in [5.41, 5.74) is 0.350. The molecule has 3 rings (SSSR count). The SMILES string of the molecule is O=c1cc2cc([N+](=O)[O-])ccc2c(O)n1Cc1ccccc1. The summed E-state index contributed by atoms with van der Waals surface area (Å²) in [5.74, 6) is -0.193. The molecule has 0 unspecified atom stereocenters. The minimum absolute atomic E-state index is 0.118. The second kappa shape index (κ2) is 5.33. The van der Waals surface area contributed by atoms with Crippen LogP contribution < -0.4 is 5.56 Å². The molecule has 22 heavy (non-hydrogen) atoms. The van der Waals surface area contributed by atoms with Crippen LogP contribution in [0.25, 0.3) is 10.8 Å². The van der Waals surface area contributed by atoms with Crippen molar-refractivity contribution in [1.29, 1.82) is 0 Å². The second-order valence-corrected chi connectivity index (χ2v) is 4.91. The highest BCUT2D eigenvalue weighted by Crippen LogP contribution is 2.26. The molecule has 0 aliphatic heterocycles. The molecule has 0 atom stereocenters. The molecule has 0 aliphatic rings. The van der Waals surface area contributed by atoms with Crippen molar-refractivity contribution in [3.05, 3.63) is 80.6 Å². The van der Waals surface area contributed by atoms with E-state index in [1.807, 2.05) is 30.3 Å². The molecule has 0 spiro atoms. The molecule has 1 N–H and O–H groups in total. The van der Waals surface area contributed by atoms with E-state index in [1.54, 1.807) is 0 Å². The van der Waals surface area contributed by atoms with Crippen molar-refractivity contribution >= 4 is 16.5 Å². The number of nitro benzene ring substituents is 1. The molecule has 1 aromatic heterocycles. The summed E-state index contributed by atoms with van der Waals surface area (Å²) in [6.07, 6.45) is 0. The van der Waals surface area contributed by atoms with Crippen molar-refractivity contribution in [2.75, 3.05) is 0 Å². The maximum Gasteiger partial charge on any atom is 0.270 e. The Morgan fingerprint density at radius 1 is 1.09 bits per heavy atom. The first-order valence-corrected chi connectivity index (χ1v) is 6.61. The van der Waals surface area contributed by atoms with E-state index in [0.29, 0.717) is 10.8 Å². The molecule has 110 valence electrons. The van der Waals surface area contributed by atoms with Crippen LogP contribution in [0.15, 0.2) is 59.4 Å². The van der Waals surface area contributed by atoms with Gasteiger partial charge in [0.2, 0.25) is 5.88 Å². The van der Waals surface area contributed by atoms with Crippen LogP contribution in [-0.2, 0) is 6.54 Å². The first kappa shape index (κ1) is 13.8. The average Bonchev–Trinajstić information content (AvgIpc) is 2.52. The molecule has 6 nitrogen and oxygen atoms in total. The maximum absolute atomic E-state index is 12.2. The van der Waals surface area contributed by atoms with Gasteiger partial charge in [-0.2, -0.15) is 0 Å². The van der Waals surface area contributed by atoms with Gasteiger partial charge in [-0.15, -0.1) is 0 Å². The van der Waals surface area contributed by atoms with Crippen LogP contribution in [0.3, 0.4) is 0 Å². The number of nitro groups is 1. The van der Waals surface area contributed by atoms with Crippen LogP contribution >= 0.6 is 0 Å². The number of aromatic nitrogens is 1. The molecule has 0 fully saturated rings. The van der Waals surface area contributed by atoms with Gasteiger partial charge in [0.15, 0.2) is 0 Å². The number of hydrogen-bond donors (Lipinski definition) is 1. The standard InChI is InChI=1S/C16H12N2O4/c19-15-9-12-8-13(18(21)22)6-7-14(12)16(20)17(15)10-11-4-2-1-3-5-11/h1-9,20H,10H2. The van der Waals surface area contributed by atoms with Crippen LogP contribution in [0, 0.1) is 10.1 Å². The molecular formula is C16H12N2O4. The summed E-state index contributed by atoms with van der Waals surface area (Å²) < 4.78 is 1.24. The lowest BCUT2D eigenvalue weighted by atomic mass is 10.1. The molecule has 0 saturated heterocycles. The second-order valence-electron chi connectivity index (χ2n) is 4.91. The van der Waals surface area contributed by atoms with Gasteiger partial charge < -0.3 is 5.11 Å². The Balaban J connectivity index is 2.15. The lowest BCUT2D eigenvalue weighted by Gasteiger charge is -2.11. The van der Waals surface area contributed by atoms with E-state index in [2.05, 4.69) is 0 Å².